The van der Waals surface area contributed by atoms with Crippen molar-refractivity contribution in [3.8, 4) is 0 Å². The molecule has 2 aromatic rings. The van der Waals surface area contributed by atoms with E-state index in [0.717, 1.165) is 0 Å². The summed E-state index contributed by atoms with van der Waals surface area (Å²) in [6.07, 6.45) is 2.71. The zero-order chi connectivity index (χ0) is 19.3. The minimum absolute atomic E-state index is 0.0484. The molecule has 2 amide bonds. The molecule has 0 unspecified atom stereocenters. The van der Waals surface area contributed by atoms with Gasteiger partial charge in [0.15, 0.2) is 15.0 Å². The molecule has 0 bridgehead atoms. The normalized spacial score (nSPS) is 15.5. The van der Waals surface area contributed by atoms with Crippen LogP contribution in [0, 0.1) is 5.92 Å². The van der Waals surface area contributed by atoms with Crippen molar-refractivity contribution in [3.63, 3.8) is 0 Å². The van der Waals surface area contributed by atoms with Gasteiger partial charge in [0.25, 0.3) is 0 Å². The lowest BCUT2D eigenvalue weighted by atomic mass is 9.96. The lowest BCUT2D eigenvalue weighted by Crippen LogP contribution is -2.41. The van der Waals surface area contributed by atoms with E-state index < -0.39 is 9.84 Å². The molecule has 0 radical (unpaired) electrons. The molecule has 1 aromatic carbocycles. The Morgan fingerprint density at radius 3 is 2.52 bits per heavy atom. The number of likely N-dealkylation sites (tertiary alicyclic amines) is 1. The van der Waals surface area contributed by atoms with E-state index in [2.05, 4.69) is 10.3 Å². The molecule has 144 valence electrons. The number of amides is 2. The average Bonchev–Trinajstić information content (AvgIpc) is 3.20. The Hall–Kier alpha value is -2.26. The largest absolute Gasteiger partial charge is 0.343 e. The molecule has 3 rings (SSSR count). The fraction of sp³-hybridized carbons (Fsp3) is 0.389. The van der Waals surface area contributed by atoms with Crippen LogP contribution in [-0.2, 0) is 19.4 Å². The summed E-state index contributed by atoms with van der Waals surface area (Å²) < 4.78 is 24.6. The van der Waals surface area contributed by atoms with Crippen molar-refractivity contribution in [3.05, 3.63) is 41.9 Å². The Morgan fingerprint density at radius 2 is 1.89 bits per heavy atom. The highest BCUT2D eigenvalue weighted by atomic mass is 32.2. The van der Waals surface area contributed by atoms with Crippen molar-refractivity contribution in [2.24, 2.45) is 5.92 Å². The van der Waals surface area contributed by atoms with Crippen LogP contribution in [0.2, 0.25) is 0 Å². The standard InChI is InChI=1S/C18H21N3O4S2/c22-16(8-13-27(24,25)15-4-2-1-3-5-15)21-10-6-14(7-11-21)17(23)20-18-19-9-12-26-18/h1-5,9,12,14H,6-8,10-11,13H2,(H,19,20,23). The van der Waals surface area contributed by atoms with Crippen LogP contribution >= 0.6 is 11.3 Å². The van der Waals surface area contributed by atoms with Gasteiger partial charge in [-0.15, -0.1) is 11.3 Å². The Balaban J connectivity index is 1.46. The minimum Gasteiger partial charge on any atom is -0.343 e. The second kappa shape index (κ2) is 8.62. The Bertz CT molecular complexity index is 875. The zero-order valence-corrected chi connectivity index (χ0v) is 16.3. The highest BCUT2D eigenvalue weighted by Gasteiger charge is 2.28. The molecular weight excluding hydrogens is 386 g/mol. The van der Waals surface area contributed by atoms with Crippen molar-refractivity contribution in [2.75, 3.05) is 24.2 Å². The molecule has 0 saturated carbocycles. The van der Waals surface area contributed by atoms with Gasteiger partial charge in [-0.1, -0.05) is 18.2 Å². The summed E-state index contributed by atoms with van der Waals surface area (Å²) in [4.78, 5) is 30.5. The molecule has 1 aromatic heterocycles. The number of carbonyl (C=O) groups excluding carboxylic acids is 2. The number of nitrogens with one attached hydrogen (secondary N) is 1. The van der Waals surface area contributed by atoms with Crippen LogP contribution in [0.4, 0.5) is 5.13 Å². The SMILES string of the molecule is O=C(Nc1nccs1)C1CCN(C(=O)CCS(=O)(=O)c2ccccc2)CC1. The summed E-state index contributed by atoms with van der Waals surface area (Å²) >= 11 is 1.36. The van der Waals surface area contributed by atoms with Crippen LogP contribution in [0.3, 0.4) is 0 Å². The van der Waals surface area contributed by atoms with Crippen LogP contribution in [0.15, 0.2) is 46.8 Å². The number of piperidine rings is 1. The van der Waals surface area contributed by atoms with Crippen molar-refractivity contribution >= 4 is 38.1 Å². The molecule has 2 heterocycles. The maximum atomic E-state index is 12.4. The first-order valence-electron chi connectivity index (χ1n) is 8.71. The molecule has 1 fully saturated rings. The van der Waals surface area contributed by atoms with Crippen molar-refractivity contribution in [1.29, 1.82) is 0 Å². The third-order valence-electron chi connectivity index (χ3n) is 4.57. The predicted octanol–water partition coefficient (Wildman–Crippen LogP) is 2.18. The van der Waals surface area contributed by atoms with E-state index in [0.29, 0.717) is 31.1 Å². The van der Waals surface area contributed by atoms with Crippen LogP contribution in [-0.4, -0.2) is 49.0 Å². The minimum atomic E-state index is -3.46. The summed E-state index contributed by atoms with van der Waals surface area (Å²) in [7, 11) is -3.46. The van der Waals surface area contributed by atoms with Gasteiger partial charge in [-0.2, -0.15) is 0 Å². The van der Waals surface area contributed by atoms with Gasteiger partial charge in [0.05, 0.1) is 10.6 Å². The summed E-state index contributed by atoms with van der Waals surface area (Å²) in [6, 6.07) is 8.14. The quantitative estimate of drug-likeness (QED) is 0.792. The van der Waals surface area contributed by atoms with Gasteiger partial charge < -0.3 is 10.2 Å². The van der Waals surface area contributed by atoms with Gasteiger partial charge in [0.1, 0.15) is 0 Å². The van der Waals surface area contributed by atoms with E-state index >= 15 is 0 Å². The van der Waals surface area contributed by atoms with Crippen LogP contribution in [0.25, 0.3) is 0 Å². The molecule has 9 heteroatoms. The molecule has 0 aliphatic carbocycles. The van der Waals surface area contributed by atoms with Crippen molar-refractivity contribution in [1.82, 2.24) is 9.88 Å². The molecule has 1 aliphatic rings. The van der Waals surface area contributed by atoms with Crippen LogP contribution in [0.5, 0.6) is 0 Å². The molecule has 27 heavy (non-hydrogen) atoms. The number of nitrogens with zero attached hydrogens (tertiary/aromatic N) is 2. The monoisotopic (exact) mass is 407 g/mol. The summed E-state index contributed by atoms with van der Waals surface area (Å²) in [5, 5.41) is 5.15. The number of thiazole rings is 1. The number of rotatable bonds is 6. The average molecular weight is 408 g/mol. The molecule has 0 spiro atoms. The van der Waals surface area contributed by atoms with Crippen LogP contribution < -0.4 is 5.32 Å². The van der Waals surface area contributed by atoms with Gasteiger partial charge in [-0.25, -0.2) is 13.4 Å². The van der Waals surface area contributed by atoms with Crippen LogP contribution in [0.1, 0.15) is 19.3 Å². The second-order valence-corrected chi connectivity index (χ2v) is 9.37. The third kappa shape index (κ3) is 5.14. The number of benzene rings is 1. The summed E-state index contributed by atoms with van der Waals surface area (Å²) in [6.45, 7) is 0.917. The number of anilines is 1. The van der Waals surface area contributed by atoms with E-state index in [9.17, 15) is 18.0 Å². The molecule has 7 nitrogen and oxygen atoms in total. The highest BCUT2D eigenvalue weighted by molar-refractivity contribution is 7.91. The Kier molecular flexibility index (Phi) is 6.22. The lowest BCUT2D eigenvalue weighted by molar-refractivity contribution is -0.134. The maximum Gasteiger partial charge on any atom is 0.229 e. The first kappa shape index (κ1) is 19.5. The molecule has 0 atom stereocenters. The van der Waals surface area contributed by atoms with Gasteiger partial charge in [-0.3, -0.25) is 9.59 Å². The van der Waals surface area contributed by atoms with Gasteiger partial charge in [-0.05, 0) is 25.0 Å². The number of carbonyl (C=O) groups is 2. The first-order valence-corrected chi connectivity index (χ1v) is 11.2. The molecule has 1 aliphatic heterocycles. The fourth-order valence-corrected chi connectivity index (χ4v) is 4.79. The number of hydrogen-bond acceptors (Lipinski definition) is 6. The lowest BCUT2D eigenvalue weighted by Gasteiger charge is -2.31. The van der Waals surface area contributed by atoms with E-state index in [1.807, 2.05) is 0 Å². The highest BCUT2D eigenvalue weighted by Crippen LogP contribution is 2.21. The Labute approximate surface area is 162 Å². The fourth-order valence-electron chi connectivity index (χ4n) is 3.01. The van der Waals surface area contributed by atoms with E-state index in [4.69, 9.17) is 0 Å². The maximum absolute atomic E-state index is 12.4. The third-order valence-corrected chi connectivity index (χ3v) is 6.99. The van der Waals surface area contributed by atoms with E-state index in [1.54, 1.807) is 34.7 Å². The van der Waals surface area contributed by atoms with Gasteiger partial charge >= 0.3 is 0 Å². The van der Waals surface area contributed by atoms with E-state index in [-0.39, 0.29) is 34.8 Å². The van der Waals surface area contributed by atoms with Gasteiger partial charge in [0, 0.05) is 37.0 Å². The molecule has 1 N–H and O–H groups in total. The second-order valence-electron chi connectivity index (χ2n) is 6.36. The first-order chi connectivity index (χ1) is 13.0. The Morgan fingerprint density at radius 1 is 1.19 bits per heavy atom. The predicted molar refractivity (Wildman–Crippen MR) is 103 cm³/mol. The number of sulfone groups is 1. The number of aromatic nitrogens is 1. The molecule has 1 saturated heterocycles. The number of hydrogen-bond donors (Lipinski definition) is 1. The summed E-state index contributed by atoms with van der Waals surface area (Å²) in [5.41, 5.74) is 0. The van der Waals surface area contributed by atoms with Crippen molar-refractivity contribution < 1.29 is 18.0 Å². The topological polar surface area (TPSA) is 96.4 Å². The van der Waals surface area contributed by atoms with Gasteiger partial charge in [0.2, 0.25) is 11.8 Å². The summed E-state index contributed by atoms with van der Waals surface area (Å²) in [5.74, 6) is -0.636. The smallest absolute Gasteiger partial charge is 0.229 e. The molecular formula is C18H21N3O4S2. The van der Waals surface area contributed by atoms with E-state index in [1.165, 1.54) is 23.5 Å². The van der Waals surface area contributed by atoms with Crippen molar-refractivity contribution in [2.45, 2.75) is 24.2 Å². The zero-order valence-electron chi connectivity index (χ0n) is 14.7.